The van der Waals surface area contributed by atoms with E-state index in [0.29, 0.717) is 18.1 Å². The standard InChI is InChI=1S/C15H18N4O2.ClH/c1-9-2-5-13-17-6-11(15(21)19(13)8-9)14(20)18-7-12(16)10-3-4-10;/h2,5-6,8,10,12H,3-4,7,16H2,1H3,(H,18,20);1H. The molecule has 3 rings (SSSR count). The third kappa shape index (κ3) is 3.28. The molecule has 0 aliphatic heterocycles. The van der Waals surface area contributed by atoms with E-state index in [9.17, 15) is 9.59 Å². The lowest BCUT2D eigenvalue weighted by atomic mass is 10.2. The van der Waals surface area contributed by atoms with E-state index in [2.05, 4.69) is 10.3 Å². The summed E-state index contributed by atoms with van der Waals surface area (Å²) in [4.78, 5) is 28.6. The lowest BCUT2D eigenvalue weighted by Gasteiger charge is -2.11. The minimum atomic E-state index is -0.417. The molecule has 1 fully saturated rings. The zero-order chi connectivity index (χ0) is 15.0. The first-order valence-corrected chi connectivity index (χ1v) is 7.08. The molecule has 1 atom stereocenters. The smallest absolute Gasteiger partial charge is 0.270 e. The number of aryl methyl sites for hydroxylation is 1. The predicted octanol–water partition coefficient (Wildman–Crippen LogP) is 0.892. The van der Waals surface area contributed by atoms with E-state index in [0.717, 1.165) is 18.4 Å². The number of carbonyl (C=O) groups is 1. The van der Waals surface area contributed by atoms with Gasteiger partial charge >= 0.3 is 0 Å². The van der Waals surface area contributed by atoms with Crippen molar-refractivity contribution in [2.45, 2.75) is 25.8 Å². The quantitative estimate of drug-likeness (QED) is 0.875. The fraction of sp³-hybridized carbons (Fsp3) is 0.400. The molecule has 0 aromatic carbocycles. The molecule has 3 N–H and O–H groups in total. The topological polar surface area (TPSA) is 89.5 Å². The number of pyridine rings is 1. The molecule has 0 saturated heterocycles. The van der Waals surface area contributed by atoms with Crippen molar-refractivity contribution in [2.75, 3.05) is 6.54 Å². The Hall–Kier alpha value is -1.92. The van der Waals surface area contributed by atoms with Crippen LogP contribution in [-0.4, -0.2) is 27.9 Å². The normalized spacial score (nSPS) is 15.2. The van der Waals surface area contributed by atoms with Gasteiger partial charge < -0.3 is 11.1 Å². The first-order valence-electron chi connectivity index (χ1n) is 7.08. The fourth-order valence-electron chi connectivity index (χ4n) is 2.34. The van der Waals surface area contributed by atoms with Gasteiger partial charge in [0.1, 0.15) is 11.2 Å². The van der Waals surface area contributed by atoms with Gasteiger partial charge in [0.05, 0.1) is 0 Å². The van der Waals surface area contributed by atoms with E-state index in [1.165, 1.54) is 10.6 Å². The Morgan fingerprint density at radius 1 is 1.50 bits per heavy atom. The van der Waals surface area contributed by atoms with Gasteiger partial charge in [-0.3, -0.25) is 14.0 Å². The summed E-state index contributed by atoms with van der Waals surface area (Å²) in [6.07, 6.45) is 5.25. The van der Waals surface area contributed by atoms with E-state index in [1.807, 2.05) is 13.0 Å². The number of nitrogens with one attached hydrogen (secondary N) is 1. The molecule has 1 aliphatic carbocycles. The molecule has 0 radical (unpaired) electrons. The number of nitrogens with zero attached hydrogens (tertiary/aromatic N) is 2. The molecule has 1 unspecified atom stereocenters. The highest BCUT2D eigenvalue weighted by Crippen LogP contribution is 2.31. The highest BCUT2D eigenvalue weighted by Gasteiger charge is 2.28. The van der Waals surface area contributed by atoms with Crippen LogP contribution in [0.3, 0.4) is 0 Å². The number of amides is 1. The number of rotatable bonds is 4. The Morgan fingerprint density at radius 3 is 2.91 bits per heavy atom. The number of aromatic nitrogens is 2. The zero-order valence-electron chi connectivity index (χ0n) is 12.3. The first-order chi connectivity index (χ1) is 10.1. The van der Waals surface area contributed by atoms with Crippen molar-refractivity contribution in [3.8, 4) is 0 Å². The molecular formula is C15H19ClN4O2. The van der Waals surface area contributed by atoms with Crippen LogP contribution in [0.15, 0.2) is 29.3 Å². The molecule has 1 amide bonds. The molecule has 6 nitrogen and oxygen atoms in total. The lowest BCUT2D eigenvalue weighted by Crippen LogP contribution is -2.40. The Labute approximate surface area is 134 Å². The van der Waals surface area contributed by atoms with Crippen LogP contribution in [0, 0.1) is 12.8 Å². The average Bonchev–Trinajstić information content (AvgIpc) is 3.30. The summed E-state index contributed by atoms with van der Waals surface area (Å²) in [5.74, 6) is 0.0864. The number of hydrogen-bond donors (Lipinski definition) is 2. The van der Waals surface area contributed by atoms with Gasteiger partial charge in [-0.1, -0.05) is 6.07 Å². The highest BCUT2D eigenvalue weighted by molar-refractivity contribution is 5.93. The number of carbonyl (C=O) groups excluding carboxylic acids is 1. The van der Waals surface area contributed by atoms with Gasteiger partial charge in [-0.2, -0.15) is 0 Å². The summed E-state index contributed by atoms with van der Waals surface area (Å²) in [7, 11) is 0. The van der Waals surface area contributed by atoms with Crippen molar-refractivity contribution < 1.29 is 4.79 Å². The molecule has 2 heterocycles. The molecule has 2 aromatic heterocycles. The third-order valence-corrected chi connectivity index (χ3v) is 3.82. The second-order valence-corrected chi connectivity index (χ2v) is 5.62. The minimum absolute atomic E-state index is 0. The van der Waals surface area contributed by atoms with Gasteiger partial charge in [0, 0.05) is 25.0 Å². The average molecular weight is 323 g/mol. The lowest BCUT2D eigenvalue weighted by molar-refractivity contribution is 0.0948. The van der Waals surface area contributed by atoms with Gasteiger partial charge in [-0.15, -0.1) is 12.4 Å². The number of hydrogen-bond acceptors (Lipinski definition) is 4. The SMILES string of the molecule is Cc1ccc2ncc(C(=O)NCC(N)C3CC3)c(=O)n2c1.Cl. The Morgan fingerprint density at radius 2 is 2.23 bits per heavy atom. The molecule has 0 bridgehead atoms. The van der Waals surface area contributed by atoms with E-state index >= 15 is 0 Å². The Kier molecular flexibility index (Phi) is 4.83. The highest BCUT2D eigenvalue weighted by atomic mass is 35.5. The van der Waals surface area contributed by atoms with E-state index in [-0.39, 0.29) is 29.6 Å². The maximum absolute atomic E-state index is 12.3. The fourth-order valence-corrected chi connectivity index (χ4v) is 2.34. The van der Waals surface area contributed by atoms with Crippen LogP contribution in [0.4, 0.5) is 0 Å². The van der Waals surface area contributed by atoms with Gasteiger partial charge in [0.2, 0.25) is 0 Å². The molecule has 0 spiro atoms. The van der Waals surface area contributed by atoms with E-state index in [1.54, 1.807) is 12.3 Å². The molecule has 2 aromatic rings. The molecule has 22 heavy (non-hydrogen) atoms. The third-order valence-electron chi connectivity index (χ3n) is 3.82. The van der Waals surface area contributed by atoms with Crippen LogP contribution < -0.4 is 16.6 Å². The van der Waals surface area contributed by atoms with Crippen LogP contribution in [0.1, 0.15) is 28.8 Å². The van der Waals surface area contributed by atoms with Gasteiger partial charge in [-0.05, 0) is 37.3 Å². The van der Waals surface area contributed by atoms with Crippen LogP contribution in [-0.2, 0) is 0 Å². The Balaban J connectivity index is 0.00000176. The van der Waals surface area contributed by atoms with Crippen molar-refractivity contribution in [1.29, 1.82) is 0 Å². The molecule has 1 aliphatic rings. The van der Waals surface area contributed by atoms with Crippen LogP contribution in [0.25, 0.3) is 5.65 Å². The van der Waals surface area contributed by atoms with Crippen molar-refractivity contribution >= 4 is 24.0 Å². The van der Waals surface area contributed by atoms with E-state index < -0.39 is 5.91 Å². The largest absolute Gasteiger partial charge is 0.350 e. The second kappa shape index (κ2) is 6.46. The maximum atomic E-state index is 12.3. The Bertz CT molecular complexity index is 755. The second-order valence-electron chi connectivity index (χ2n) is 5.62. The molecule has 7 heteroatoms. The molecule has 118 valence electrons. The summed E-state index contributed by atoms with van der Waals surface area (Å²) in [5, 5.41) is 2.72. The summed E-state index contributed by atoms with van der Waals surface area (Å²) < 4.78 is 1.39. The van der Waals surface area contributed by atoms with Crippen molar-refractivity contribution in [3.05, 3.63) is 46.0 Å². The summed E-state index contributed by atoms with van der Waals surface area (Å²) in [5.41, 5.74) is 7.08. The van der Waals surface area contributed by atoms with Crippen LogP contribution in [0.5, 0.6) is 0 Å². The first kappa shape index (κ1) is 16.5. The summed E-state index contributed by atoms with van der Waals surface area (Å²) >= 11 is 0. The van der Waals surface area contributed by atoms with Crippen molar-refractivity contribution in [3.63, 3.8) is 0 Å². The number of fused-ring (bicyclic) bond motifs is 1. The van der Waals surface area contributed by atoms with E-state index in [4.69, 9.17) is 5.73 Å². The monoisotopic (exact) mass is 322 g/mol. The number of nitrogens with two attached hydrogens (primary N) is 1. The van der Waals surface area contributed by atoms with Crippen LogP contribution in [0.2, 0.25) is 0 Å². The zero-order valence-corrected chi connectivity index (χ0v) is 13.1. The summed E-state index contributed by atoms with van der Waals surface area (Å²) in [6, 6.07) is 3.59. The van der Waals surface area contributed by atoms with Gasteiger partial charge in [-0.25, -0.2) is 4.98 Å². The maximum Gasteiger partial charge on any atom is 0.270 e. The predicted molar refractivity (Wildman–Crippen MR) is 86.5 cm³/mol. The van der Waals surface area contributed by atoms with Crippen molar-refractivity contribution in [2.24, 2.45) is 11.7 Å². The minimum Gasteiger partial charge on any atom is -0.350 e. The molecular weight excluding hydrogens is 304 g/mol. The number of halogens is 1. The van der Waals surface area contributed by atoms with Crippen molar-refractivity contribution in [1.82, 2.24) is 14.7 Å². The molecule has 1 saturated carbocycles. The summed E-state index contributed by atoms with van der Waals surface area (Å²) in [6.45, 7) is 2.27. The van der Waals surface area contributed by atoms with Gasteiger partial charge in [0.25, 0.3) is 11.5 Å². The van der Waals surface area contributed by atoms with Crippen LogP contribution >= 0.6 is 12.4 Å². The van der Waals surface area contributed by atoms with Gasteiger partial charge in [0.15, 0.2) is 0 Å².